The normalized spacial score (nSPS) is 10.6. The predicted molar refractivity (Wildman–Crippen MR) is 123 cm³/mol. The second-order valence-corrected chi connectivity index (χ2v) is 7.68. The van der Waals surface area contributed by atoms with Crippen molar-refractivity contribution in [3.8, 4) is 33.1 Å². The van der Waals surface area contributed by atoms with Gasteiger partial charge in [-0.2, -0.15) is 5.10 Å². The lowest BCUT2D eigenvalue weighted by atomic mass is 10.1. The number of methoxy groups -OCH3 is 1. The molecule has 0 saturated heterocycles. The van der Waals surface area contributed by atoms with Gasteiger partial charge in [-0.1, -0.05) is 0 Å². The Balaban J connectivity index is 1.76. The molecule has 33 heavy (non-hydrogen) atoms. The fraction of sp³-hybridized carbons (Fsp3) is 0.190. The Morgan fingerprint density at radius 3 is 2.61 bits per heavy atom. The first-order valence-corrected chi connectivity index (χ1v) is 10.8. The number of urea groups is 1. The molecule has 4 heterocycles. The van der Waals surface area contributed by atoms with Gasteiger partial charge in [-0.25, -0.2) is 24.5 Å². The third-order valence-electron chi connectivity index (χ3n) is 4.54. The molecule has 2 N–H and O–H groups in total. The molecule has 168 valence electrons. The number of hydrogen-bond acceptors (Lipinski definition) is 9. The van der Waals surface area contributed by atoms with Crippen molar-refractivity contribution in [1.82, 2.24) is 35.0 Å². The van der Waals surface area contributed by atoms with Crippen molar-refractivity contribution in [3.05, 3.63) is 48.1 Å². The van der Waals surface area contributed by atoms with Gasteiger partial charge in [0.05, 0.1) is 37.1 Å². The topological polar surface area (TPSA) is 137 Å². The van der Waals surface area contributed by atoms with E-state index in [0.29, 0.717) is 34.2 Å². The number of ether oxygens (including phenoxy) is 1. The van der Waals surface area contributed by atoms with Crippen LogP contribution >= 0.6 is 11.3 Å². The monoisotopic (exact) mass is 464 g/mol. The molecule has 0 saturated carbocycles. The molecule has 12 heteroatoms. The van der Waals surface area contributed by atoms with Crippen LogP contribution in [0.25, 0.3) is 33.1 Å². The molecule has 2 amide bonds. The van der Waals surface area contributed by atoms with Crippen LogP contribution in [0.2, 0.25) is 0 Å². The number of esters is 1. The quantitative estimate of drug-likeness (QED) is 0.416. The van der Waals surface area contributed by atoms with E-state index in [2.05, 4.69) is 35.4 Å². The number of rotatable bonds is 6. The minimum absolute atomic E-state index is 0.0957. The molecule has 11 nitrogen and oxygen atoms in total. The van der Waals surface area contributed by atoms with Crippen LogP contribution in [0.1, 0.15) is 17.4 Å². The number of amides is 2. The second-order valence-electron chi connectivity index (χ2n) is 6.82. The van der Waals surface area contributed by atoms with Crippen molar-refractivity contribution >= 4 is 29.2 Å². The fourth-order valence-corrected chi connectivity index (χ4v) is 3.85. The van der Waals surface area contributed by atoms with E-state index in [1.54, 1.807) is 23.1 Å². The predicted octanol–water partition coefficient (Wildman–Crippen LogP) is 2.99. The van der Waals surface area contributed by atoms with Gasteiger partial charge in [0.25, 0.3) is 0 Å². The number of thiazole rings is 1. The van der Waals surface area contributed by atoms with Gasteiger partial charge in [0.15, 0.2) is 5.69 Å². The molecule has 0 atom stereocenters. The summed E-state index contributed by atoms with van der Waals surface area (Å²) in [7, 11) is 3.12. The molecule has 4 aromatic heterocycles. The number of hydrogen-bond donors (Lipinski definition) is 2. The van der Waals surface area contributed by atoms with Crippen LogP contribution in [0.15, 0.2) is 42.4 Å². The zero-order valence-electron chi connectivity index (χ0n) is 18.1. The molecule has 0 aliphatic carbocycles. The number of anilines is 1. The number of aromatic nitrogens is 6. The summed E-state index contributed by atoms with van der Waals surface area (Å²) in [5.41, 5.74) is 3.60. The number of carbonyl (C=O) groups is 2. The summed E-state index contributed by atoms with van der Waals surface area (Å²) >= 11 is 1.44. The van der Waals surface area contributed by atoms with Crippen LogP contribution in [0.5, 0.6) is 0 Å². The third kappa shape index (κ3) is 4.85. The molecule has 0 radical (unpaired) electrons. The molecule has 0 aliphatic rings. The highest BCUT2D eigenvalue weighted by molar-refractivity contribution is 7.13. The summed E-state index contributed by atoms with van der Waals surface area (Å²) in [6, 6.07) is 1.37. The van der Waals surface area contributed by atoms with Crippen LogP contribution in [-0.4, -0.2) is 55.4 Å². The van der Waals surface area contributed by atoms with E-state index in [1.807, 2.05) is 25.5 Å². The lowest BCUT2D eigenvalue weighted by molar-refractivity contribution is 0.0593. The van der Waals surface area contributed by atoms with Crippen molar-refractivity contribution in [3.63, 3.8) is 0 Å². The van der Waals surface area contributed by atoms with Gasteiger partial charge in [0, 0.05) is 48.1 Å². The van der Waals surface area contributed by atoms with Gasteiger partial charge < -0.3 is 10.1 Å². The first kappa shape index (κ1) is 22.0. The minimum Gasteiger partial charge on any atom is -0.464 e. The molecular weight excluding hydrogens is 444 g/mol. The summed E-state index contributed by atoms with van der Waals surface area (Å²) in [4.78, 5) is 41.3. The Kier molecular flexibility index (Phi) is 6.36. The van der Waals surface area contributed by atoms with Gasteiger partial charge in [0.2, 0.25) is 0 Å². The van der Waals surface area contributed by atoms with Crippen molar-refractivity contribution in [1.29, 1.82) is 0 Å². The Bertz CT molecular complexity index is 1300. The minimum atomic E-state index is -0.574. The third-order valence-corrected chi connectivity index (χ3v) is 5.42. The average molecular weight is 465 g/mol. The summed E-state index contributed by atoms with van der Waals surface area (Å²) in [6.07, 6.45) is 8.02. The Morgan fingerprint density at radius 1 is 1.09 bits per heavy atom. The first-order chi connectivity index (χ1) is 16.0. The molecule has 0 unspecified atom stereocenters. The number of nitrogens with one attached hydrogen (secondary N) is 2. The van der Waals surface area contributed by atoms with E-state index in [1.165, 1.54) is 30.8 Å². The van der Waals surface area contributed by atoms with E-state index in [9.17, 15) is 9.59 Å². The maximum atomic E-state index is 12.0. The molecule has 0 bridgehead atoms. The van der Waals surface area contributed by atoms with Crippen LogP contribution in [-0.2, 0) is 11.8 Å². The van der Waals surface area contributed by atoms with E-state index in [-0.39, 0.29) is 11.7 Å². The van der Waals surface area contributed by atoms with Crippen LogP contribution in [0, 0.1) is 0 Å². The highest BCUT2D eigenvalue weighted by Gasteiger charge is 2.17. The Morgan fingerprint density at radius 2 is 1.94 bits per heavy atom. The summed E-state index contributed by atoms with van der Waals surface area (Å²) in [5, 5.41) is 12.2. The molecule has 4 rings (SSSR count). The zero-order valence-corrected chi connectivity index (χ0v) is 18.9. The highest BCUT2D eigenvalue weighted by Crippen LogP contribution is 2.35. The van der Waals surface area contributed by atoms with Crippen LogP contribution < -0.4 is 10.6 Å². The van der Waals surface area contributed by atoms with Crippen molar-refractivity contribution in [2.75, 3.05) is 19.0 Å². The van der Waals surface area contributed by atoms with E-state index < -0.39 is 5.97 Å². The van der Waals surface area contributed by atoms with Crippen LogP contribution in [0.3, 0.4) is 0 Å². The maximum Gasteiger partial charge on any atom is 0.358 e. The van der Waals surface area contributed by atoms with Gasteiger partial charge in [-0.15, -0.1) is 11.3 Å². The fourth-order valence-electron chi connectivity index (χ4n) is 2.99. The number of aryl methyl sites for hydroxylation is 1. The van der Waals surface area contributed by atoms with E-state index >= 15 is 0 Å². The number of carbonyl (C=O) groups excluding carboxylic acids is 2. The maximum absolute atomic E-state index is 12.0. The van der Waals surface area contributed by atoms with Crippen LogP contribution in [0.4, 0.5) is 10.6 Å². The van der Waals surface area contributed by atoms with Crippen molar-refractivity contribution in [2.24, 2.45) is 7.05 Å². The lowest BCUT2D eigenvalue weighted by Gasteiger charge is -2.10. The number of nitrogens with zero attached hydrogens (tertiary/aromatic N) is 6. The average Bonchev–Trinajstić information content (AvgIpc) is 3.48. The van der Waals surface area contributed by atoms with Crippen molar-refractivity contribution in [2.45, 2.75) is 6.92 Å². The second kappa shape index (κ2) is 9.53. The molecule has 0 spiro atoms. The largest absolute Gasteiger partial charge is 0.464 e. The molecule has 0 aliphatic heterocycles. The Labute approximate surface area is 192 Å². The van der Waals surface area contributed by atoms with Gasteiger partial charge in [-0.05, 0) is 13.0 Å². The van der Waals surface area contributed by atoms with E-state index in [4.69, 9.17) is 4.98 Å². The zero-order chi connectivity index (χ0) is 23.4. The van der Waals surface area contributed by atoms with E-state index in [0.717, 1.165) is 11.3 Å². The summed E-state index contributed by atoms with van der Waals surface area (Å²) in [5.74, 6) is -0.216. The van der Waals surface area contributed by atoms with Crippen molar-refractivity contribution < 1.29 is 14.3 Å². The highest BCUT2D eigenvalue weighted by atomic mass is 32.1. The number of pyridine rings is 1. The lowest BCUT2D eigenvalue weighted by Crippen LogP contribution is -2.28. The first-order valence-electron chi connectivity index (χ1n) is 9.89. The molecule has 4 aromatic rings. The molecular formula is C21H20N8O3S. The van der Waals surface area contributed by atoms with Gasteiger partial charge >= 0.3 is 12.0 Å². The van der Waals surface area contributed by atoms with Gasteiger partial charge in [0.1, 0.15) is 10.8 Å². The van der Waals surface area contributed by atoms with Gasteiger partial charge in [-0.3, -0.25) is 15.0 Å². The smallest absolute Gasteiger partial charge is 0.358 e. The Hall–Kier alpha value is -4.19. The summed E-state index contributed by atoms with van der Waals surface area (Å²) < 4.78 is 6.39. The molecule has 0 aromatic carbocycles. The SMILES string of the molecule is CCNC(=O)Nc1cc(-c2nc(-c3cnn(C)c3)cs2)c(-c2cnc(C(=O)OC)cn2)cn1. The summed E-state index contributed by atoms with van der Waals surface area (Å²) in [6.45, 7) is 2.31. The standard InChI is InChI=1S/C21H20N8O3S/c1-4-22-21(31)28-18-5-13(19-27-17(11-33-19)12-6-26-29(2)10-12)14(7-25-18)15-8-24-16(9-23-15)20(30)32-3/h5-11H,4H2,1-3H3,(H2,22,25,28,31). The molecule has 0 fully saturated rings.